The second-order valence-electron chi connectivity index (χ2n) is 5.26. The maximum Gasteiger partial charge on any atom is 0.303 e. The Morgan fingerprint density at radius 2 is 2.19 bits per heavy atom. The third-order valence-corrected chi connectivity index (χ3v) is 4.26. The molecule has 21 heavy (non-hydrogen) atoms. The van der Waals surface area contributed by atoms with E-state index in [-0.39, 0.29) is 12.5 Å². The van der Waals surface area contributed by atoms with Crippen molar-refractivity contribution in [2.24, 2.45) is 0 Å². The van der Waals surface area contributed by atoms with Crippen LogP contribution >= 0.6 is 23.2 Å². The smallest absolute Gasteiger partial charge is 0.303 e. The number of carbonyl (C=O) groups is 1. The van der Waals surface area contributed by atoms with Crippen molar-refractivity contribution in [2.75, 3.05) is 19.6 Å². The first-order valence-corrected chi connectivity index (χ1v) is 7.86. The molecule has 116 valence electrons. The van der Waals surface area contributed by atoms with Gasteiger partial charge in [0.2, 0.25) is 0 Å². The van der Waals surface area contributed by atoms with E-state index in [0.717, 1.165) is 38.2 Å². The fraction of sp³-hybridized carbons (Fsp3) is 0.533. The normalized spacial score (nSPS) is 19.4. The number of halogens is 2. The Hall–Kier alpha value is -0.970. The van der Waals surface area contributed by atoms with Gasteiger partial charge in [0.05, 0.1) is 10.0 Å². The molecule has 1 unspecified atom stereocenters. The summed E-state index contributed by atoms with van der Waals surface area (Å²) >= 11 is 11.9. The molecular formula is C15H19Cl2NO3. The Kier molecular flexibility index (Phi) is 6.15. The molecular weight excluding hydrogens is 313 g/mol. The minimum absolute atomic E-state index is 0.112. The summed E-state index contributed by atoms with van der Waals surface area (Å²) in [5.41, 5.74) is 0. The lowest BCUT2D eigenvalue weighted by molar-refractivity contribution is -0.137. The van der Waals surface area contributed by atoms with Gasteiger partial charge in [-0.15, -0.1) is 0 Å². The minimum Gasteiger partial charge on any atom is -0.489 e. The molecule has 0 bridgehead atoms. The van der Waals surface area contributed by atoms with Gasteiger partial charge < -0.3 is 9.84 Å². The van der Waals surface area contributed by atoms with Crippen LogP contribution in [0.4, 0.5) is 0 Å². The van der Waals surface area contributed by atoms with Crippen LogP contribution in [0.1, 0.15) is 25.7 Å². The number of hydrogen-bond acceptors (Lipinski definition) is 3. The van der Waals surface area contributed by atoms with Gasteiger partial charge in [-0.25, -0.2) is 0 Å². The molecule has 1 aliphatic heterocycles. The number of carboxylic acids is 1. The average molecular weight is 332 g/mol. The van der Waals surface area contributed by atoms with Crippen LogP contribution in [-0.2, 0) is 4.79 Å². The van der Waals surface area contributed by atoms with Crippen molar-refractivity contribution in [1.82, 2.24) is 4.90 Å². The molecule has 0 aromatic heterocycles. The summed E-state index contributed by atoms with van der Waals surface area (Å²) < 4.78 is 5.95. The molecule has 1 fully saturated rings. The quantitative estimate of drug-likeness (QED) is 0.863. The molecule has 1 heterocycles. The third kappa shape index (κ3) is 5.38. The van der Waals surface area contributed by atoms with Crippen molar-refractivity contribution >= 4 is 29.2 Å². The van der Waals surface area contributed by atoms with Crippen LogP contribution in [0.3, 0.4) is 0 Å². The third-order valence-electron chi connectivity index (χ3n) is 3.52. The molecule has 2 rings (SSSR count). The van der Waals surface area contributed by atoms with Crippen LogP contribution in [0.2, 0.25) is 10.0 Å². The van der Waals surface area contributed by atoms with Crippen molar-refractivity contribution < 1.29 is 14.6 Å². The van der Waals surface area contributed by atoms with E-state index in [1.54, 1.807) is 12.1 Å². The van der Waals surface area contributed by atoms with Crippen molar-refractivity contribution in [3.63, 3.8) is 0 Å². The summed E-state index contributed by atoms with van der Waals surface area (Å²) in [4.78, 5) is 12.8. The van der Waals surface area contributed by atoms with Gasteiger partial charge in [-0.05, 0) is 44.5 Å². The Labute approximate surface area is 134 Å². The van der Waals surface area contributed by atoms with Crippen LogP contribution in [0.5, 0.6) is 5.75 Å². The first-order valence-electron chi connectivity index (χ1n) is 7.10. The van der Waals surface area contributed by atoms with Gasteiger partial charge in [-0.1, -0.05) is 23.2 Å². The maximum absolute atomic E-state index is 10.5. The van der Waals surface area contributed by atoms with Gasteiger partial charge in [0.25, 0.3) is 0 Å². The molecule has 4 nitrogen and oxygen atoms in total. The summed E-state index contributed by atoms with van der Waals surface area (Å²) in [5.74, 6) is -0.0163. The van der Waals surface area contributed by atoms with Gasteiger partial charge in [0.1, 0.15) is 11.9 Å². The number of benzene rings is 1. The predicted molar refractivity (Wildman–Crippen MR) is 83.4 cm³/mol. The Morgan fingerprint density at radius 1 is 1.38 bits per heavy atom. The molecule has 6 heteroatoms. The molecule has 1 aromatic rings. The molecule has 1 aromatic carbocycles. The summed E-state index contributed by atoms with van der Waals surface area (Å²) in [7, 11) is 0. The largest absolute Gasteiger partial charge is 0.489 e. The van der Waals surface area contributed by atoms with Gasteiger partial charge in [-0.2, -0.15) is 0 Å². The van der Waals surface area contributed by atoms with Crippen molar-refractivity contribution in [2.45, 2.75) is 31.8 Å². The highest BCUT2D eigenvalue weighted by Gasteiger charge is 2.21. The van der Waals surface area contributed by atoms with Crippen LogP contribution < -0.4 is 4.74 Å². The molecule has 1 saturated heterocycles. The van der Waals surface area contributed by atoms with E-state index in [2.05, 4.69) is 4.90 Å². The molecule has 1 atom stereocenters. The number of piperidine rings is 1. The Morgan fingerprint density at radius 3 is 2.90 bits per heavy atom. The van der Waals surface area contributed by atoms with E-state index in [1.165, 1.54) is 0 Å². The lowest BCUT2D eigenvalue weighted by Crippen LogP contribution is -2.41. The molecule has 1 aliphatic rings. The first kappa shape index (κ1) is 16.4. The lowest BCUT2D eigenvalue weighted by Gasteiger charge is -2.32. The second-order valence-corrected chi connectivity index (χ2v) is 6.07. The summed E-state index contributed by atoms with van der Waals surface area (Å²) in [6, 6.07) is 5.28. The van der Waals surface area contributed by atoms with E-state index in [1.807, 2.05) is 6.07 Å². The molecule has 0 aliphatic carbocycles. The van der Waals surface area contributed by atoms with E-state index >= 15 is 0 Å². The topological polar surface area (TPSA) is 49.8 Å². The number of nitrogens with zero attached hydrogens (tertiary/aromatic N) is 1. The van der Waals surface area contributed by atoms with Gasteiger partial charge in [-0.3, -0.25) is 9.69 Å². The Bertz CT molecular complexity index is 496. The van der Waals surface area contributed by atoms with E-state index < -0.39 is 5.97 Å². The van der Waals surface area contributed by atoms with Gasteiger partial charge in [0, 0.05) is 19.0 Å². The highest BCUT2D eigenvalue weighted by molar-refractivity contribution is 6.42. The predicted octanol–water partition coefficient (Wildman–Crippen LogP) is 3.70. The standard InChI is InChI=1S/C15H19Cl2NO3/c16-13-6-5-11(9-14(13)17)21-12-3-1-7-18(10-12)8-2-4-15(19)20/h5-6,9,12H,1-4,7-8,10H2,(H,19,20). The maximum atomic E-state index is 10.5. The molecule has 0 amide bonds. The summed E-state index contributed by atoms with van der Waals surface area (Å²) in [6.07, 6.45) is 3.05. The Balaban J connectivity index is 1.83. The van der Waals surface area contributed by atoms with Crippen LogP contribution in [0.15, 0.2) is 18.2 Å². The summed E-state index contributed by atoms with van der Waals surface area (Å²) in [6.45, 7) is 2.62. The highest BCUT2D eigenvalue weighted by Crippen LogP contribution is 2.28. The number of likely N-dealkylation sites (tertiary alicyclic amines) is 1. The van der Waals surface area contributed by atoms with Crippen LogP contribution in [0, 0.1) is 0 Å². The fourth-order valence-corrected chi connectivity index (χ4v) is 2.80. The minimum atomic E-state index is -0.740. The second kappa shape index (κ2) is 7.87. The number of rotatable bonds is 6. The lowest BCUT2D eigenvalue weighted by atomic mass is 10.1. The van der Waals surface area contributed by atoms with Crippen LogP contribution in [-0.4, -0.2) is 41.7 Å². The SMILES string of the molecule is O=C(O)CCCN1CCCC(Oc2ccc(Cl)c(Cl)c2)C1. The molecule has 0 spiro atoms. The van der Waals surface area contributed by atoms with Crippen LogP contribution in [0.25, 0.3) is 0 Å². The average Bonchev–Trinajstić information content (AvgIpc) is 2.43. The van der Waals surface area contributed by atoms with E-state index in [9.17, 15) is 4.79 Å². The molecule has 0 saturated carbocycles. The highest BCUT2D eigenvalue weighted by atomic mass is 35.5. The van der Waals surface area contributed by atoms with E-state index in [4.69, 9.17) is 33.0 Å². The molecule has 1 N–H and O–H groups in total. The summed E-state index contributed by atoms with van der Waals surface area (Å²) in [5, 5.41) is 9.68. The zero-order valence-electron chi connectivity index (χ0n) is 11.7. The van der Waals surface area contributed by atoms with Gasteiger partial charge in [0.15, 0.2) is 0 Å². The number of ether oxygens (including phenoxy) is 1. The number of hydrogen-bond donors (Lipinski definition) is 1. The number of aliphatic carboxylic acids is 1. The first-order chi connectivity index (χ1) is 10.0. The molecule has 0 radical (unpaired) electrons. The fourth-order valence-electron chi connectivity index (χ4n) is 2.51. The van der Waals surface area contributed by atoms with Crippen molar-refractivity contribution in [3.05, 3.63) is 28.2 Å². The van der Waals surface area contributed by atoms with Crippen molar-refractivity contribution in [3.8, 4) is 5.75 Å². The van der Waals surface area contributed by atoms with E-state index in [0.29, 0.717) is 16.5 Å². The number of carboxylic acid groups (broad SMARTS) is 1. The zero-order valence-corrected chi connectivity index (χ0v) is 13.2. The monoisotopic (exact) mass is 331 g/mol. The van der Waals surface area contributed by atoms with Crippen molar-refractivity contribution in [1.29, 1.82) is 0 Å². The zero-order chi connectivity index (χ0) is 15.2. The van der Waals surface area contributed by atoms with Gasteiger partial charge >= 0.3 is 5.97 Å².